The number of aromatic nitrogens is 4. The van der Waals surface area contributed by atoms with Gasteiger partial charge in [-0.1, -0.05) is 23.7 Å². The molecule has 3 aromatic rings. The number of rotatable bonds is 6. The summed E-state index contributed by atoms with van der Waals surface area (Å²) in [5, 5.41) is 22.9. The molecule has 0 spiro atoms. The Hall–Kier alpha value is -3.20. The first-order valence-electron chi connectivity index (χ1n) is 8.51. The fourth-order valence-electron chi connectivity index (χ4n) is 2.93. The van der Waals surface area contributed by atoms with E-state index in [1.807, 2.05) is 25.1 Å². The Labute approximate surface area is 166 Å². The zero-order chi connectivity index (χ0) is 20.4. The Balaban J connectivity index is 1.73. The minimum absolute atomic E-state index is 0.116. The van der Waals surface area contributed by atoms with Crippen LogP contribution in [-0.4, -0.2) is 30.4 Å². The summed E-state index contributed by atoms with van der Waals surface area (Å²) in [7, 11) is 0. The normalized spacial score (nSPS) is 10.9. The highest BCUT2D eigenvalue weighted by molar-refractivity contribution is 6.30. The second-order valence-corrected chi connectivity index (χ2v) is 6.87. The van der Waals surface area contributed by atoms with Gasteiger partial charge in [0.05, 0.1) is 28.5 Å². The van der Waals surface area contributed by atoms with Gasteiger partial charge in [0.15, 0.2) is 0 Å². The summed E-state index contributed by atoms with van der Waals surface area (Å²) in [4.78, 5) is 22.8. The van der Waals surface area contributed by atoms with Crippen LogP contribution >= 0.6 is 11.6 Å². The van der Waals surface area contributed by atoms with Gasteiger partial charge >= 0.3 is 5.69 Å². The molecule has 0 bridgehead atoms. The van der Waals surface area contributed by atoms with Crippen molar-refractivity contribution in [2.45, 2.75) is 33.9 Å². The monoisotopic (exact) mass is 402 g/mol. The first-order valence-corrected chi connectivity index (χ1v) is 8.89. The Kier molecular flexibility index (Phi) is 5.46. The molecule has 0 unspecified atom stereocenters. The van der Waals surface area contributed by atoms with E-state index in [1.165, 1.54) is 17.8 Å². The van der Waals surface area contributed by atoms with Crippen molar-refractivity contribution in [1.82, 2.24) is 19.6 Å². The SMILES string of the molecule is Cc1nn(CC(=O)Nc2c(C)nn(Cc3cccc(Cl)c3)c2C)cc1[N+](=O)[O-]. The maximum atomic E-state index is 12.4. The molecule has 2 heterocycles. The number of nitrogens with zero attached hydrogens (tertiary/aromatic N) is 5. The highest BCUT2D eigenvalue weighted by Crippen LogP contribution is 2.22. The maximum Gasteiger partial charge on any atom is 0.309 e. The van der Waals surface area contributed by atoms with E-state index in [0.717, 1.165) is 11.3 Å². The van der Waals surface area contributed by atoms with Crippen molar-refractivity contribution in [2.75, 3.05) is 5.32 Å². The molecule has 2 aromatic heterocycles. The number of benzene rings is 1. The third-order valence-electron chi connectivity index (χ3n) is 4.29. The zero-order valence-electron chi connectivity index (χ0n) is 15.6. The minimum Gasteiger partial charge on any atom is -0.321 e. The van der Waals surface area contributed by atoms with Crippen molar-refractivity contribution in [3.63, 3.8) is 0 Å². The molecule has 0 aliphatic rings. The van der Waals surface area contributed by atoms with Crippen molar-refractivity contribution in [1.29, 1.82) is 0 Å². The van der Waals surface area contributed by atoms with Gasteiger partial charge in [0.2, 0.25) is 5.91 Å². The lowest BCUT2D eigenvalue weighted by Gasteiger charge is -2.08. The van der Waals surface area contributed by atoms with Crippen LogP contribution in [0, 0.1) is 30.9 Å². The standard InChI is InChI=1S/C18H19ClN6O3/c1-11-16(25(27)28)9-23(21-11)10-17(26)20-18-12(2)22-24(13(18)3)8-14-5-4-6-15(19)7-14/h4-7,9H,8,10H2,1-3H3,(H,20,26). The molecule has 1 aromatic carbocycles. The third-order valence-corrected chi connectivity index (χ3v) is 4.53. The number of hydrogen-bond acceptors (Lipinski definition) is 5. The van der Waals surface area contributed by atoms with Gasteiger partial charge < -0.3 is 5.32 Å². The molecular formula is C18H19ClN6O3. The molecule has 10 heteroatoms. The van der Waals surface area contributed by atoms with Crippen LogP contribution in [0.3, 0.4) is 0 Å². The topological polar surface area (TPSA) is 108 Å². The molecular weight excluding hydrogens is 384 g/mol. The number of halogens is 1. The largest absolute Gasteiger partial charge is 0.321 e. The number of anilines is 1. The lowest BCUT2D eigenvalue weighted by atomic mass is 10.2. The predicted molar refractivity (Wildman–Crippen MR) is 105 cm³/mol. The summed E-state index contributed by atoms with van der Waals surface area (Å²) in [6.45, 7) is 5.59. The summed E-state index contributed by atoms with van der Waals surface area (Å²) in [6, 6.07) is 7.49. The third kappa shape index (κ3) is 4.20. The van der Waals surface area contributed by atoms with Crippen molar-refractivity contribution < 1.29 is 9.72 Å². The average molecular weight is 403 g/mol. The molecule has 0 fully saturated rings. The molecule has 0 atom stereocenters. The van der Waals surface area contributed by atoms with Crippen LogP contribution in [-0.2, 0) is 17.9 Å². The van der Waals surface area contributed by atoms with Crippen molar-refractivity contribution in [2.24, 2.45) is 0 Å². The first kappa shape index (κ1) is 19.6. The van der Waals surface area contributed by atoms with Gasteiger partial charge in [-0.05, 0) is 38.5 Å². The van der Waals surface area contributed by atoms with Crippen LogP contribution < -0.4 is 5.32 Å². The summed E-state index contributed by atoms with van der Waals surface area (Å²) in [5.74, 6) is -0.342. The number of carbonyl (C=O) groups excluding carboxylic acids is 1. The highest BCUT2D eigenvalue weighted by Gasteiger charge is 2.18. The van der Waals surface area contributed by atoms with Crippen LogP contribution in [0.1, 0.15) is 22.6 Å². The summed E-state index contributed by atoms with van der Waals surface area (Å²) in [6.07, 6.45) is 1.25. The van der Waals surface area contributed by atoms with Gasteiger partial charge in [0, 0.05) is 5.02 Å². The van der Waals surface area contributed by atoms with Crippen molar-refractivity contribution in [3.05, 3.63) is 68.2 Å². The molecule has 0 aliphatic heterocycles. The summed E-state index contributed by atoms with van der Waals surface area (Å²) >= 11 is 6.03. The van der Waals surface area contributed by atoms with Gasteiger partial charge in [-0.15, -0.1) is 0 Å². The smallest absolute Gasteiger partial charge is 0.309 e. The van der Waals surface area contributed by atoms with Gasteiger partial charge in [-0.2, -0.15) is 10.2 Å². The van der Waals surface area contributed by atoms with E-state index >= 15 is 0 Å². The number of nitrogens with one attached hydrogen (secondary N) is 1. The predicted octanol–water partition coefficient (Wildman–Crippen LogP) is 3.25. The lowest BCUT2D eigenvalue weighted by molar-refractivity contribution is -0.385. The van der Waals surface area contributed by atoms with E-state index in [0.29, 0.717) is 22.9 Å². The molecule has 28 heavy (non-hydrogen) atoms. The fraction of sp³-hybridized carbons (Fsp3) is 0.278. The fourth-order valence-corrected chi connectivity index (χ4v) is 3.15. The number of nitro groups is 1. The molecule has 3 rings (SSSR count). The van der Waals surface area contributed by atoms with E-state index in [-0.39, 0.29) is 23.8 Å². The Morgan fingerprint density at radius 3 is 2.64 bits per heavy atom. The molecule has 146 valence electrons. The van der Waals surface area contributed by atoms with E-state index in [4.69, 9.17) is 11.6 Å². The van der Waals surface area contributed by atoms with Crippen LogP contribution in [0.2, 0.25) is 5.02 Å². The summed E-state index contributed by atoms with van der Waals surface area (Å²) in [5.41, 5.74) is 3.23. The quantitative estimate of drug-likeness (QED) is 0.503. The molecule has 1 amide bonds. The van der Waals surface area contributed by atoms with Gasteiger partial charge in [-0.3, -0.25) is 24.3 Å². The van der Waals surface area contributed by atoms with Crippen LogP contribution in [0.4, 0.5) is 11.4 Å². The van der Waals surface area contributed by atoms with Crippen LogP contribution in [0.5, 0.6) is 0 Å². The number of hydrogen-bond donors (Lipinski definition) is 1. The van der Waals surface area contributed by atoms with Crippen molar-refractivity contribution >= 4 is 28.9 Å². The van der Waals surface area contributed by atoms with Crippen LogP contribution in [0.15, 0.2) is 30.5 Å². The van der Waals surface area contributed by atoms with Gasteiger partial charge in [0.25, 0.3) is 0 Å². The molecule has 9 nitrogen and oxygen atoms in total. The Morgan fingerprint density at radius 2 is 2.00 bits per heavy atom. The second-order valence-electron chi connectivity index (χ2n) is 6.44. The second kappa shape index (κ2) is 7.81. The van der Waals surface area contributed by atoms with Gasteiger partial charge in [0.1, 0.15) is 18.4 Å². The lowest BCUT2D eigenvalue weighted by Crippen LogP contribution is -2.20. The zero-order valence-corrected chi connectivity index (χ0v) is 16.4. The highest BCUT2D eigenvalue weighted by atomic mass is 35.5. The van der Waals surface area contributed by atoms with E-state index in [2.05, 4.69) is 15.5 Å². The molecule has 0 saturated carbocycles. The van der Waals surface area contributed by atoms with E-state index in [1.54, 1.807) is 17.7 Å². The Bertz CT molecular complexity index is 1060. The summed E-state index contributed by atoms with van der Waals surface area (Å²) < 4.78 is 3.05. The van der Waals surface area contributed by atoms with E-state index < -0.39 is 4.92 Å². The number of carbonyl (C=O) groups is 1. The van der Waals surface area contributed by atoms with E-state index in [9.17, 15) is 14.9 Å². The number of aryl methyl sites for hydroxylation is 2. The molecule has 1 N–H and O–H groups in total. The number of amides is 1. The molecule has 0 saturated heterocycles. The molecule has 0 aliphatic carbocycles. The Morgan fingerprint density at radius 1 is 1.25 bits per heavy atom. The first-order chi connectivity index (χ1) is 13.2. The minimum atomic E-state index is -0.523. The van der Waals surface area contributed by atoms with Crippen LogP contribution in [0.25, 0.3) is 0 Å². The maximum absolute atomic E-state index is 12.4. The molecule has 0 radical (unpaired) electrons. The average Bonchev–Trinajstić information content (AvgIpc) is 3.09. The van der Waals surface area contributed by atoms with Gasteiger partial charge in [-0.25, -0.2) is 0 Å². The van der Waals surface area contributed by atoms with Crippen molar-refractivity contribution in [3.8, 4) is 0 Å².